The number of hydrogen-bond donors (Lipinski definition) is 2. The highest BCUT2D eigenvalue weighted by Gasteiger charge is 2.37. The van der Waals surface area contributed by atoms with Crippen LogP contribution in [0.3, 0.4) is 0 Å². The first-order valence-corrected chi connectivity index (χ1v) is 13.5. The van der Waals surface area contributed by atoms with E-state index >= 15 is 0 Å². The Morgan fingerprint density at radius 2 is 1.63 bits per heavy atom. The first-order valence-electron chi connectivity index (χ1n) is 11.3. The number of rotatable bonds is 8. The summed E-state index contributed by atoms with van der Waals surface area (Å²) in [6, 6.07) is 10.1. The number of hydrogen-bond acceptors (Lipinski definition) is 5. The van der Waals surface area contributed by atoms with Gasteiger partial charge in [-0.25, -0.2) is 0 Å². The number of ether oxygens (including phenoxy) is 1. The van der Waals surface area contributed by atoms with Crippen LogP contribution in [0.15, 0.2) is 42.5 Å². The summed E-state index contributed by atoms with van der Waals surface area (Å²) >= 11 is 12.2. The van der Waals surface area contributed by atoms with Crippen LogP contribution in [0.25, 0.3) is 0 Å². The van der Waals surface area contributed by atoms with E-state index in [2.05, 4.69) is 10.0 Å². The van der Waals surface area contributed by atoms with Crippen molar-refractivity contribution in [2.45, 2.75) is 57.7 Å². The van der Waals surface area contributed by atoms with Gasteiger partial charge in [0.05, 0.1) is 22.7 Å². The molecule has 2 unspecified atom stereocenters. The van der Waals surface area contributed by atoms with Gasteiger partial charge in [-0.3, -0.25) is 9.59 Å². The molecule has 8 nitrogen and oxygen atoms in total. The number of nitrogens with one attached hydrogen (secondary N) is 2. The fourth-order valence-electron chi connectivity index (χ4n) is 4.30. The second-order valence-electron chi connectivity index (χ2n) is 8.61. The number of halogens is 2. The van der Waals surface area contributed by atoms with Crippen LogP contribution >= 0.6 is 23.2 Å². The molecule has 2 N–H and O–H groups in total. The molecule has 3 rings (SSSR count). The first kappa shape index (κ1) is 27.4. The molecule has 0 saturated carbocycles. The lowest BCUT2D eigenvalue weighted by Gasteiger charge is -2.38. The minimum Gasteiger partial charge on any atom is -0.468 e. The minimum atomic E-state index is -3.92. The Morgan fingerprint density at radius 3 is 2.17 bits per heavy atom. The number of piperidine rings is 1. The van der Waals surface area contributed by atoms with E-state index in [9.17, 15) is 18.0 Å². The zero-order valence-corrected chi connectivity index (χ0v) is 22.1. The minimum absolute atomic E-state index is 0.0765. The smallest absolute Gasteiger partial charge is 0.324 e. The molecule has 0 radical (unpaired) electrons. The SMILES string of the molecule is COC(=O)[C@H](Cc1ccc(NC(=O)c2c(Cl)cccc2Cl)cc1)NS(=O)(=O)N1C(C)CCCC1C. The van der Waals surface area contributed by atoms with Crippen molar-refractivity contribution in [3.8, 4) is 0 Å². The summed E-state index contributed by atoms with van der Waals surface area (Å²) in [4.78, 5) is 25.0. The van der Waals surface area contributed by atoms with Gasteiger partial charge in [-0.2, -0.15) is 17.4 Å². The van der Waals surface area contributed by atoms with Gasteiger partial charge in [-0.15, -0.1) is 0 Å². The van der Waals surface area contributed by atoms with Crippen molar-refractivity contribution in [2.24, 2.45) is 0 Å². The number of esters is 1. The van der Waals surface area contributed by atoms with Crippen LogP contribution in [0.1, 0.15) is 49.0 Å². The summed E-state index contributed by atoms with van der Waals surface area (Å²) in [6.45, 7) is 3.73. The van der Waals surface area contributed by atoms with Crippen LogP contribution in [0.2, 0.25) is 10.0 Å². The largest absolute Gasteiger partial charge is 0.468 e. The van der Waals surface area contributed by atoms with E-state index in [1.54, 1.807) is 42.5 Å². The molecule has 1 saturated heterocycles. The lowest BCUT2D eigenvalue weighted by Crippen LogP contribution is -2.56. The maximum absolute atomic E-state index is 13.1. The number of benzene rings is 2. The van der Waals surface area contributed by atoms with E-state index in [4.69, 9.17) is 27.9 Å². The Bertz CT molecular complexity index is 1140. The Morgan fingerprint density at radius 1 is 1.06 bits per heavy atom. The summed E-state index contributed by atoms with van der Waals surface area (Å²) in [7, 11) is -2.70. The van der Waals surface area contributed by atoms with Gasteiger partial charge in [0.2, 0.25) is 0 Å². The zero-order chi connectivity index (χ0) is 25.8. The molecule has 1 amide bonds. The number of nitrogens with zero attached hydrogens (tertiary/aromatic N) is 1. The van der Waals surface area contributed by atoms with Crippen LogP contribution in [0, 0.1) is 0 Å². The Labute approximate surface area is 216 Å². The van der Waals surface area contributed by atoms with Gasteiger partial charge >= 0.3 is 5.97 Å². The van der Waals surface area contributed by atoms with Crippen molar-refractivity contribution in [1.29, 1.82) is 0 Å². The number of carbonyl (C=O) groups excluding carboxylic acids is 2. The van der Waals surface area contributed by atoms with Crippen LogP contribution in [0.5, 0.6) is 0 Å². The highest BCUT2D eigenvalue weighted by atomic mass is 35.5. The van der Waals surface area contributed by atoms with Gasteiger partial charge in [0.1, 0.15) is 6.04 Å². The second-order valence-corrected chi connectivity index (χ2v) is 11.0. The lowest BCUT2D eigenvalue weighted by molar-refractivity contribution is -0.142. The van der Waals surface area contributed by atoms with Gasteiger partial charge in [0.25, 0.3) is 16.1 Å². The molecule has 190 valence electrons. The fourth-order valence-corrected chi connectivity index (χ4v) is 6.68. The number of anilines is 1. The average molecular weight is 542 g/mol. The van der Waals surface area contributed by atoms with Crippen molar-refractivity contribution in [3.05, 3.63) is 63.6 Å². The predicted octanol–water partition coefficient (Wildman–Crippen LogP) is 4.43. The molecule has 1 aliphatic heterocycles. The summed E-state index contributed by atoms with van der Waals surface area (Å²) in [5.41, 5.74) is 1.33. The third kappa shape index (κ3) is 6.74. The Kier molecular flexibility index (Phi) is 9.17. The van der Waals surface area contributed by atoms with Gasteiger partial charge in [-0.1, -0.05) is 47.8 Å². The van der Waals surface area contributed by atoms with Crippen molar-refractivity contribution in [1.82, 2.24) is 9.03 Å². The third-order valence-corrected chi connectivity index (χ3v) is 8.50. The number of amides is 1. The second kappa shape index (κ2) is 11.7. The van der Waals surface area contributed by atoms with E-state index < -0.39 is 28.1 Å². The van der Waals surface area contributed by atoms with Crippen LogP contribution in [-0.2, 0) is 26.2 Å². The summed E-state index contributed by atoms with van der Waals surface area (Å²) in [6.07, 6.45) is 2.56. The van der Waals surface area contributed by atoms with E-state index in [-0.39, 0.29) is 34.1 Å². The van der Waals surface area contributed by atoms with Crippen molar-refractivity contribution in [3.63, 3.8) is 0 Å². The average Bonchev–Trinajstić information content (AvgIpc) is 2.78. The van der Waals surface area contributed by atoms with Crippen molar-refractivity contribution >= 4 is 51.0 Å². The molecule has 2 aromatic rings. The molecular weight excluding hydrogens is 513 g/mol. The molecule has 35 heavy (non-hydrogen) atoms. The predicted molar refractivity (Wildman–Crippen MR) is 137 cm³/mol. The van der Waals surface area contributed by atoms with Gasteiger partial charge in [-0.05, 0) is 62.9 Å². The van der Waals surface area contributed by atoms with Crippen LogP contribution < -0.4 is 10.0 Å². The maximum Gasteiger partial charge on any atom is 0.324 e. The molecule has 0 bridgehead atoms. The molecule has 0 aromatic heterocycles. The van der Waals surface area contributed by atoms with Gasteiger partial charge < -0.3 is 10.1 Å². The van der Waals surface area contributed by atoms with Gasteiger partial charge in [0, 0.05) is 17.8 Å². The van der Waals surface area contributed by atoms with Crippen molar-refractivity contribution in [2.75, 3.05) is 12.4 Å². The van der Waals surface area contributed by atoms with E-state index in [0.29, 0.717) is 11.3 Å². The molecule has 2 aromatic carbocycles. The topological polar surface area (TPSA) is 105 Å². The molecule has 1 heterocycles. The molecule has 1 aliphatic rings. The summed E-state index contributed by atoms with van der Waals surface area (Å²) in [5.74, 6) is -1.14. The van der Waals surface area contributed by atoms with Crippen LogP contribution in [-0.4, -0.2) is 49.8 Å². The molecule has 0 spiro atoms. The van der Waals surface area contributed by atoms with E-state index in [1.807, 2.05) is 13.8 Å². The normalized spacial score (nSPS) is 19.7. The van der Waals surface area contributed by atoms with E-state index in [0.717, 1.165) is 19.3 Å². The number of carbonyl (C=O) groups is 2. The standard InChI is InChI=1S/C24H29Cl2N3O5S/c1-15-6-4-7-16(2)29(15)35(32,33)28-21(24(31)34-3)14-17-10-12-18(13-11-17)27-23(30)22-19(25)8-5-9-20(22)26/h5,8-13,15-16,21,28H,4,6-7,14H2,1-3H3,(H,27,30)/t15?,16?,21-/m0/s1. The molecule has 1 fully saturated rings. The lowest BCUT2D eigenvalue weighted by atomic mass is 10.0. The highest BCUT2D eigenvalue weighted by molar-refractivity contribution is 7.87. The fraction of sp³-hybridized carbons (Fsp3) is 0.417. The number of methoxy groups -OCH3 is 1. The summed E-state index contributed by atoms with van der Waals surface area (Å²) < 4.78 is 35.1. The Balaban J connectivity index is 1.72. The third-order valence-electron chi connectivity index (χ3n) is 6.01. The zero-order valence-electron chi connectivity index (χ0n) is 19.8. The van der Waals surface area contributed by atoms with Gasteiger partial charge in [0.15, 0.2) is 0 Å². The van der Waals surface area contributed by atoms with Crippen LogP contribution in [0.4, 0.5) is 5.69 Å². The monoisotopic (exact) mass is 541 g/mol. The molecule has 11 heteroatoms. The quantitative estimate of drug-likeness (QED) is 0.481. The molecule has 0 aliphatic carbocycles. The molecule has 3 atom stereocenters. The molecular formula is C24H29Cl2N3O5S. The maximum atomic E-state index is 13.1. The summed E-state index contributed by atoms with van der Waals surface area (Å²) in [5, 5.41) is 3.19. The van der Waals surface area contributed by atoms with Crippen molar-refractivity contribution < 1.29 is 22.7 Å². The highest BCUT2D eigenvalue weighted by Crippen LogP contribution is 2.27. The Hall–Kier alpha value is -2.17. The first-order chi connectivity index (χ1) is 16.5. The van der Waals surface area contributed by atoms with E-state index in [1.165, 1.54) is 11.4 Å².